The van der Waals surface area contributed by atoms with Gasteiger partial charge >= 0.3 is 0 Å². The van der Waals surface area contributed by atoms with Gasteiger partial charge in [0.15, 0.2) is 0 Å². The minimum Gasteiger partial charge on any atom is -0.352 e. The first-order valence-corrected chi connectivity index (χ1v) is 5.84. The lowest BCUT2D eigenvalue weighted by Crippen LogP contribution is -2.27. The van der Waals surface area contributed by atoms with Crippen LogP contribution in [0.3, 0.4) is 0 Å². The fraction of sp³-hybridized carbons (Fsp3) is 0.417. The lowest BCUT2D eigenvalue weighted by molar-refractivity contribution is -0.385. The number of hydrogen-bond acceptors (Lipinski definition) is 4. The van der Waals surface area contributed by atoms with Crippen molar-refractivity contribution in [2.24, 2.45) is 0 Å². The van der Waals surface area contributed by atoms with Crippen molar-refractivity contribution in [3.8, 4) is 0 Å². The van der Waals surface area contributed by atoms with E-state index in [4.69, 9.17) is 0 Å². The van der Waals surface area contributed by atoms with Crippen molar-refractivity contribution in [1.29, 1.82) is 0 Å². The molecule has 0 spiro atoms. The lowest BCUT2D eigenvalue weighted by atomic mass is 10.1. The number of nitro benzene ring substituents is 1. The van der Waals surface area contributed by atoms with Gasteiger partial charge in [-0.25, -0.2) is 4.39 Å². The molecule has 0 aliphatic carbocycles. The summed E-state index contributed by atoms with van der Waals surface area (Å²) in [6.07, 6.45) is 0.692. The van der Waals surface area contributed by atoms with Gasteiger partial charge in [0.2, 0.25) is 0 Å². The Bertz CT molecular complexity index is 491. The number of carbonyl (C=O) groups is 1. The quantitative estimate of drug-likeness (QED) is 0.464. The molecule has 0 saturated heterocycles. The third-order valence-corrected chi connectivity index (χ3v) is 2.58. The van der Waals surface area contributed by atoms with Crippen LogP contribution in [0.25, 0.3) is 0 Å². The molecular formula is C12H16FN3O3. The van der Waals surface area contributed by atoms with Crippen molar-refractivity contribution in [2.75, 3.05) is 20.1 Å². The number of rotatable bonds is 6. The van der Waals surface area contributed by atoms with Gasteiger partial charge in [0.05, 0.1) is 10.5 Å². The van der Waals surface area contributed by atoms with Gasteiger partial charge in [-0.1, -0.05) is 0 Å². The first-order valence-electron chi connectivity index (χ1n) is 5.84. The van der Waals surface area contributed by atoms with Crippen LogP contribution in [0.5, 0.6) is 0 Å². The van der Waals surface area contributed by atoms with E-state index in [0.29, 0.717) is 13.0 Å². The zero-order chi connectivity index (χ0) is 14.4. The van der Waals surface area contributed by atoms with E-state index in [9.17, 15) is 19.3 Å². The van der Waals surface area contributed by atoms with Gasteiger partial charge < -0.3 is 10.6 Å². The third-order valence-electron chi connectivity index (χ3n) is 2.58. The van der Waals surface area contributed by atoms with Crippen LogP contribution in [-0.2, 0) is 0 Å². The van der Waals surface area contributed by atoms with Gasteiger partial charge in [0.25, 0.3) is 11.6 Å². The molecule has 104 valence electrons. The smallest absolute Gasteiger partial charge is 0.270 e. The molecule has 0 radical (unpaired) electrons. The number of aryl methyl sites for hydroxylation is 1. The summed E-state index contributed by atoms with van der Waals surface area (Å²) >= 11 is 0. The van der Waals surface area contributed by atoms with E-state index in [-0.39, 0.29) is 16.8 Å². The maximum absolute atomic E-state index is 13.8. The molecule has 1 aromatic rings. The first kappa shape index (κ1) is 15.0. The topological polar surface area (TPSA) is 84.3 Å². The largest absolute Gasteiger partial charge is 0.352 e. The highest BCUT2D eigenvalue weighted by Crippen LogP contribution is 2.20. The van der Waals surface area contributed by atoms with E-state index in [2.05, 4.69) is 10.6 Å². The van der Waals surface area contributed by atoms with Gasteiger partial charge in [0.1, 0.15) is 5.82 Å². The molecule has 0 saturated carbocycles. The average Bonchev–Trinajstić information content (AvgIpc) is 2.37. The standard InChI is InChI=1S/C12H16FN3O3/c1-8-6-9(16(18)19)7-10(11(8)13)12(17)15-5-3-4-14-2/h6-7,14H,3-5H2,1-2H3,(H,15,17). The maximum Gasteiger partial charge on any atom is 0.270 e. The van der Waals surface area contributed by atoms with Crippen LogP contribution in [0.1, 0.15) is 22.3 Å². The summed E-state index contributed by atoms with van der Waals surface area (Å²) in [5.41, 5.74) is -0.509. The molecule has 6 nitrogen and oxygen atoms in total. The minimum atomic E-state index is -0.725. The highest BCUT2D eigenvalue weighted by atomic mass is 19.1. The predicted molar refractivity (Wildman–Crippen MR) is 68.7 cm³/mol. The summed E-state index contributed by atoms with van der Waals surface area (Å²) in [4.78, 5) is 21.8. The fourth-order valence-corrected chi connectivity index (χ4v) is 1.58. The van der Waals surface area contributed by atoms with Gasteiger partial charge in [-0.3, -0.25) is 14.9 Å². The van der Waals surface area contributed by atoms with E-state index in [1.165, 1.54) is 6.92 Å². The molecule has 0 bridgehead atoms. The summed E-state index contributed by atoms with van der Waals surface area (Å²) in [7, 11) is 1.78. The van der Waals surface area contributed by atoms with Crippen molar-refractivity contribution in [3.05, 3.63) is 39.2 Å². The van der Waals surface area contributed by atoms with Crippen molar-refractivity contribution >= 4 is 11.6 Å². The predicted octanol–water partition coefficient (Wildman–Crippen LogP) is 1.38. The number of hydrogen-bond donors (Lipinski definition) is 2. The number of non-ortho nitro benzene ring substituents is 1. The molecular weight excluding hydrogens is 253 g/mol. The number of nitro groups is 1. The molecule has 0 aromatic heterocycles. The first-order chi connectivity index (χ1) is 8.97. The number of carbonyl (C=O) groups excluding carboxylic acids is 1. The van der Waals surface area contributed by atoms with E-state index in [0.717, 1.165) is 18.7 Å². The van der Waals surface area contributed by atoms with Crippen molar-refractivity contribution < 1.29 is 14.1 Å². The Morgan fingerprint density at radius 1 is 1.42 bits per heavy atom. The molecule has 2 N–H and O–H groups in total. The zero-order valence-electron chi connectivity index (χ0n) is 10.8. The highest BCUT2D eigenvalue weighted by Gasteiger charge is 2.19. The second-order valence-electron chi connectivity index (χ2n) is 4.09. The van der Waals surface area contributed by atoms with Crippen LogP contribution < -0.4 is 10.6 Å². The van der Waals surface area contributed by atoms with Crippen LogP contribution >= 0.6 is 0 Å². The molecule has 1 aromatic carbocycles. The number of nitrogens with zero attached hydrogens (tertiary/aromatic N) is 1. The normalized spacial score (nSPS) is 10.3. The van der Waals surface area contributed by atoms with Gasteiger partial charge in [-0.05, 0) is 32.5 Å². The molecule has 0 aliphatic rings. The van der Waals surface area contributed by atoms with Crippen LogP contribution in [0.4, 0.5) is 10.1 Å². The summed E-state index contributed by atoms with van der Waals surface area (Å²) in [6, 6.07) is 2.06. The van der Waals surface area contributed by atoms with Crippen molar-refractivity contribution in [2.45, 2.75) is 13.3 Å². The molecule has 0 heterocycles. The maximum atomic E-state index is 13.8. The average molecular weight is 269 g/mol. The highest BCUT2D eigenvalue weighted by molar-refractivity contribution is 5.95. The van der Waals surface area contributed by atoms with E-state index in [1.807, 2.05) is 0 Å². The Morgan fingerprint density at radius 3 is 2.68 bits per heavy atom. The summed E-state index contributed by atoms with van der Waals surface area (Å²) < 4.78 is 13.8. The van der Waals surface area contributed by atoms with Gasteiger partial charge in [0, 0.05) is 18.7 Å². The summed E-state index contributed by atoms with van der Waals surface area (Å²) in [5.74, 6) is -1.36. The molecule has 1 amide bonds. The van der Waals surface area contributed by atoms with Crippen LogP contribution in [0.2, 0.25) is 0 Å². The molecule has 0 unspecified atom stereocenters. The minimum absolute atomic E-state index is 0.0783. The zero-order valence-corrected chi connectivity index (χ0v) is 10.8. The fourth-order valence-electron chi connectivity index (χ4n) is 1.58. The second-order valence-corrected chi connectivity index (χ2v) is 4.09. The molecule has 19 heavy (non-hydrogen) atoms. The van der Waals surface area contributed by atoms with E-state index in [1.54, 1.807) is 7.05 Å². The molecule has 0 atom stereocenters. The van der Waals surface area contributed by atoms with Gasteiger partial charge in [-0.15, -0.1) is 0 Å². The Kier molecular flexibility index (Phi) is 5.37. The molecule has 1 rings (SSSR count). The van der Waals surface area contributed by atoms with E-state index < -0.39 is 16.6 Å². The summed E-state index contributed by atoms with van der Waals surface area (Å²) in [5, 5.41) is 16.1. The van der Waals surface area contributed by atoms with Crippen molar-refractivity contribution in [3.63, 3.8) is 0 Å². The molecule has 0 fully saturated rings. The SMILES string of the molecule is CNCCCNC(=O)c1cc([N+](=O)[O-])cc(C)c1F. The number of amides is 1. The number of halogens is 1. The van der Waals surface area contributed by atoms with E-state index >= 15 is 0 Å². The Labute approximate surface area is 110 Å². The van der Waals surface area contributed by atoms with Crippen LogP contribution in [0, 0.1) is 22.9 Å². The third kappa shape index (κ3) is 3.99. The Balaban J connectivity index is 2.86. The lowest BCUT2D eigenvalue weighted by Gasteiger charge is -2.07. The summed E-state index contributed by atoms with van der Waals surface area (Å²) in [6.45, 7) is 2.48. The monoisotopic (exact) mass is 269 g/mol. The number of benzene rings is 1. The van der Waals surface area contributed by atoms with Crippen LogP contribution in [0.15, 0.2) is 12.1 Å². The Morgan fingerprint density at radius 2 is 2.11 bits per heavy atom. The molecule has 0 aliphatic heterocycles. The Hall–Kier alpha value is -2.02. The molecule has 7 heteroatoms. The second kappa shape index (κ2) is 6.79. The van der Waals surface area contributed by atoms with Crippen LogP contribution in [-0.4, -0.2) is 31.0 Å². The number of nitrogens with one attached hydrogen (secondary N) is 2. The van der Waals surface area contributed by atoms with Gasteiger partial charge in [-0.2, -0.15) is 0 Å². The van der Waals surface area contributed by atoms with Crippen molar-refractivity contribution in [1.82, 2.24) is 10.6 Å².